The fourth-order valence-corrected chi connectivity index (χ4v) is 6.11. The minimum atomic E-state index is -3.50. The molecule has 2 aromatic carbocycles. The number of aromatic nitrogens is 2. The summed E-state index contributed by atoms with van der Waals surface area (Å²) in [5.41, 5.74) is 3.40. The zero-order chi connectivity index (χ0) is 26.9. The number of hydrogen-bond donors (Lipinski definition) is 1. The van der Waals surface area contributed by atoms with Crippen LogP contribution in [0.15, 0.2) is 54.7 Å². The lowest BCUT2D eigenvalue weighted by Gasteiger charge is -2.30. The first-order valence-electron chi connectivity index (χ1n) is 12.3. The molecule has 5 rings (SSSR count). The van der Waals surface area contributed by atoms with E-state index in [-0.39, 0.29) is 22.7 Å². The van der Waals surface area contributed by atoms with Crippen molar-refractivity contribution in [3.8, 4) is 35.0 Å². The Kier molecular flexibility index (Phi) is 6.98. The smallest absolute Gasteiger partial charge is 0.237 e. The van der Waals surface area contributed by atoms with Gasteiger partial charge in [0.2, 0.25) is 15.9 Å². The van der Waals surface area contributed by atoms with Crippen LogP contribution in [0.5, 0.6) is 11.6 Å². The molecule has 38 heavy (non-hydrogen) atoms. The Hall–Kier alpha value is -4.05. The molecule has 4 aromatic rings. The molecule has 0 spiro atoms. The lowest BCUT2D eigenvalue weighted by molar-refractivity contribution is 0.324. The highest BCUT2D eigenvalue weighted by molar-refractivity contribution is 7.92. The SMILES string of the molecule is CCCS(=O)(=O)Nc1ccc(-c2c(C#N)c3ccc(Oc4ncccc4C#N)cc3n2C2CCC2)cc1Cl. The highest BCUT2D eigenvalue weighted by atomic mass is 35.5. The zero-order valence-corrected chi connectivity index (χ0v) is 22.2. The van der Waals surface area contributed by atoms with Gasteiger partial charge < -0.3 is 9.30 Å². The van der Waals surface area contributed by atoms with Gasteiger partial charge in [-0.25, -0.2) is 13.4 Å². The van der Waals surface area contributed by atoms with Crippen LogP contribution in [0.4, 0.5) is 5.69 Å². The molecule has 0 bridgehead atoms. The van der Waals surface area contributed by atoms with Gasteiger partial charge in [-0.1, -0.05) is 24.6 Å². The van der Waals surface area contributed by atoms with Crippen molar-refractivity contribution >= 4 is 38.2 Å². The van der Waals surface area contributed by atoms with E-state index in [2.05, 4.69) is 26.4 Å². The van der Waals surface area contributed by atoms with Gasteiger partial charge in [-0.15, -0.1) is 0 Å². The molecule has 8 nitrogen and oxygen atoms in total. The number of anilines is 1. The average Bonchev–Trinajstić information content (AvgIpc) is 3.17. The lowest BCUT2D eigenvalue weighted by atomic mass is 9.92. The Bertz CT molecular complexity index is 1730. The van der Waals surface area contributed by atoms with Crippen LogP contribution in [0.3, 0.4) is 0 Å². The Morgan fingerprint density at radius 3 is 2.63 bits per heavy atom. The molecule has 0 saturated heterocycles. The first-order chi connectivity index (χ1) is 18.3. The molecule has 192 valence electrons. The van der Waals surface area contributed by atoms with Crippen LogP contribution in [0.25, 0.3) is 22.2 Å². The monoisotopic (exact) mass is 545 g/mol. The summed E-state index contributed by atoms with van der Waals surface area (Å²) in [6.07, 6.45) is 5.07. The number of ether oxygens (including phenoxy) is 1. The summed E-state index contributed by atoms with van der Waals surface area (Å²) >= 11 is 6.53. The van der Waals surface area contributed by atoms with Gasteiger partial charge in [-0.05, 0) is 62.1 Å². The maximum Gasteiger partial charge on any atom is 0.237 e. The summed E-state index contributed by atoms with van der Waals surface area (Å²) < 4.78 is 35.2. The van der Waals surface area contributed by atoms with Gasteiger partial charge in [0.15, 0.2) is 0 Å². The second kappa shape index (κ2) is 10.4. The van der Waals surface area contributed by atoms with Crippen LogP contribution in [0.2, 0.25) is 5.02 Å². The molecule has 2 aromatic heterocycles. The van der Waals surface area contributed by atoms with Crippen molar-refractivity contribution in [1.82, 2.24) is 9.55 Å². The number of nitrogens with one attached hydrogen (secondary N) is 1. The molecule has 2 heterocycles. The second-order valence-electron chi connectivity index (χ2n) is 9.15. The van der Waals surface area contributed by atoms with Crippen molar-refractivity contribution in [2.45, 2.75) is 38.6 Å². The molecule has 0 aliphatic heterocycles. The molecule has 1 aliphatic carbocycles. The number of nitrogens with zero attached hydrogens (tertiary/aromatic N) is 4. The van der Waals surface area contributed by atoms with Crippen molar-refractivity contribution in [2.75, 3.05) is 10.5 Å². The van der Waals surface area contributed by atoms with Crippen molar-refractivity contribution in [2.24, 2.45) is 0 Å². The highest BCUT2D eigenvalue weighted by Crippen LogP contribution is 2.44. The van der Waals surface area contributed by atoms with Crippen LogP contribution in [0.1, 0.15) is 49.8 Å². The van der Waals surface area contributed by atoms with E-state index in [4.69, 9.17) is 16.3 Å². The van der Waals surface area contributed by atoms with Gasteiger partial charge in [0, 0.05) is 29.3 Å². The zero-order valence-electron chi connectivity index (χ0n) is 20.6. The number of fused-ring (bicyclic) bond motifs is 1. The van der Waals surface area contributed by atoms with Gasteiger partial charge in [-0.3, -0.25) is 4.72 Å². The molecular formula is C28H24ClN5O3S. The van der Waals surface area contributed by atoms with E-state index >= 15 is 0 Å². The third kappa shape index (κ3) is 4.79. The summed E-state index contributed by atoms with van der Waals surface area (Å²) in [4.78, 5) is 4.18. The summed E-state index contributed by atoms with van der Waals surface area (Å²) in [6, 6.07) is 18.5. The highest BCUT2D eigenvalue weighted by Gasteiger charge is 2.28. The Balaban J connectivity index is 1.62. The largest absolute Gasteiger partial charge is 0.438 e. The van der Waals surface area contributed by atoms with E-state index in [9.17, 15) is 18.9 Å². The molecule has 10 heteroatoms. The predicted molar refractivity (Wildman–Crippen MR) is 147 cm³/mol. The maximum absolute atomic E-state index is 12.3. The summed E-state index contributed by atoms with van der Waals surface area (Å²) in [7, 11) is -3.50. The number of pyridine rings is 1. The predicted octanol–water partition coefficient (Wildman–Crippen LogP) is 6.77. The third-order valence-electron chi connectivity index (χ3n) is 6.61. The van der Waals surface area contributed by atoms with E-state index in [0.717, 1.165) is 35.9 Å². The van der Waals surface area contributed by atoms with Crippen molar-refractivity contribution in [3.63, 3.8) is 0 Å². The molecular weight excluding hydrogens is 522 g/mol. The molecule has 1 saturated carbocycles. The van der Waals surface area contributed by atoms with Crippen LogP contribution in [-0.4, -0.2) is 23.7 Å². The van der Waals surface area contributed by atoms with Crippen LogP contribution < -0.4 is 9.46 Å². The van der Waals surface area contributed by atoms with E-state index in [1.54, 1.807) is 49.5 Å². The van der Waals surface area contributed by atoms with Gasteiger partial charge >= 0.3 is 0 Å². The third-order valence-corrected chi connectivity index (χ3v) is 8.40. The normalized spacial score (nSPS) is 13.5. The standard InChI is InChI=1S/C28H24ClN5O3S/c1-2-13-38(35,36)33-25-11-8-18(14-24(25)29)27-23(17-31)22-10-9-21(15-26(22)34(27)20-6-3-7-20)37-28-19(16-30)5-4-12-32-28/h4-5,8-12,14-15,20,33H,2-3,6-7,13H2,1H3. The molecule has 1 fully saturated rings. The molecule has 1 aliphatic rings. The summed E-state index contributed by atoms with van der Waals surface area (Å²) in [5, 5.41) is 20.6. The van der Waals surface area contributed by atoms with Gasteiger partial charge in [0.25, 0.3) is 0 Å². The van der Waals surface area contributed by atoms with E-state index in [0.29, 0.717) is 34.5 Å². The lowest BCUT2D eigenvalue weighted by Crippen LogP contribution is -2.18. The van der Waals surface area contributed by atoms with Crippen LogP contribution in [-0.2, 0) is 10.0 Å². The minimum absolute atomic E-state index is 0.00164. The fraction of sp³-hybridized carbons (Fsp3) is 0.250. The number of sulfonamides is 1. The Labute approximate surface area is 226 Å². The van der Waals surface area contributed by atoms with Crippen molar-refractivity contribution in [3.05, 3.63) is 70.9 Å². The second-order valence-corrected chi connectivity index (χ2v) is 11.4. The topological polar surface area (TPSA) is 121 Å². The molecule has 0 radical (unpaired) electrons. The number of nitriles is 2. The van der Waals surface area contributed by atoms with Crippen molar-refractivity contribution in [1.29, 1.82) is 10.5 Å². The summed E-state index contributed by atoms with van der Waals surface area (Å²) in [5.74, 6) is 0.712. The quantitative estimate of drug-likeness (QED) is 0.261. The molecule has 1 N–H and O–H groups in total. The number of hydrogen-bond acceptors (Lipinski definition) is 6. The van der Waals surface area contributed by atoms with E-state index in [1.807, 2.05) is 12.1 Å². The molecule has 0 atom stereocenters. The van der Waals surface area contributed by atoms with Crippen molar-refractivity contribution < 1.29 is 13.2 Å². The minimum Gasteiger partial charge on any atom is -0.438 e. The number of rotatable bonds is 8. The summed E-state index contributed by atoms with van der Waals surface area (Å²) in [6.45, 7) is 1.79. The average molecular weight is 546 g/mol. The van der Waals surface area contributed by atoms with Gasteiger partial charge in [-0.2, -0.15) is 10.5 Å². The Morgan fingerprint density at radius 1 is 1.16 bits per heavy atom. The Morgan fingerprint density at radius 2 is 1.97 bits per heavy atom. The number of benzene rings is 2. The fourth-order valence-electron chi connectivity index (χ4n) is 4.68. The van der Waals surface area contributed by atoms with E-state index < -0.39 is 10.0 Å². The van der Waals surface area contributed by atoms with Gasteiger partial charge in [0.1, 0.15) is 23.5 Å². The van der Waals surface area contributed by atoms with Crippen LogP contribution >= 0.6 is 11.6 Å². The van der Waals surface area contributed by atoms with Crippen LogP contribution in [0, 0.1) is 22.7 Å². The molecule has 0 unspecified atom stereocenters. The van der Waals surface area contributed by atoms with E-state index in [1.165, 1.54) is 0 Å². The number of halogens is 1. The maximum atomic E-state index is 12.3. The molecule has 0 amide bonds. The first kappa shape index (κ1) is 25.6. The van der Waals surface area contributed by atoms with Gasteiger partial charge in [0.05, 0.1) is 33.2 Å². The first-order valence-corrected chi connectivity index (χ1v) is 14.3.